The van der Waals surface area contributed by atoms with Crippen molar-refractivity contribution in [3.63, 3.8) is 0 Å². The summed E-state index contributed by atoms with van der Waals surface area (Å²) in [6.45, 7) is 5.50. The van der Waals surface area contributed by atoms with Crippen molar-refractivity contribution in [3.05, 3.63) is 23.4 Å². The largest absolute Gasteiger partial charge is 0.413 e. The van der Waals surface area contributed by atoms with E-state index in [0.717, 1.165) is 31.8 Å². The van der Waals surface area contributed by atoms with Gasteiger partial charge in [-0.1, -0.05) is 6.08 Å². The molecular weight excluding hydrogens is 457 g/mol. The Morgan fingerprint density at radius 2 is 1.94 bits per heavy atom. The minimum atomic E-state index is -4.46. The number of amidine groups is 1. The van der Waals surface area contributed by atoms with Gasteiger partial charge >= 0.3 is 6.18 Å². The molecule has 2 aliphatic heterocycles. The molecule has 0 aromatic rings. The first-order valence-electron chi connectivity index (χ1n) is 12.9. The number of allylic oxidation sites excluding steroid dienone is 2. The van der Waals surface area contributed by atoms with Gasteiger partial charge < -0.3 is 20.9 Å². The monoisotopic (exact) mass is 496 g/mol. The number of alkyl halides is 3. The summed E-state index contributed by atoms with van der Waals surface area (Å²) >= 11 is 0. The first-order chi connectivity index (χ1) is 16.6. The van der Waals surface area contributed by atoms with Crippen molar-refractivity contribution in [1.29, 1.82) is 0 Å². The number of carbonyl (C=O) groups is 1. The van der Waals surface area contributed by atoms with E-state index >= 15 is 0 Å². The molecule has 0 aromatic heterocycles. The summed E-state index contributed by atoms with van der Waals surface area (Å²) < 4.78 is 41.2. The van der Waals surface area contributed by atoms with Gasteiger partial charge in [-0.15, -0.1) is 0 Å². The van der Waals surface area contributed by atoms with Gasteiger partial charge in [-0.2, -0.15) is 13.2 Å². The molecular formula is C25H39F3N6O. The second-order valence-electron chi connectivity index (χ2n) is 10.5. The molecule has 3 unspecified atom stereocenters. The van der Waals surface area contributed by atoms with Gasteiger partial charge in [-0.05, 0) is 72.0 Å². The first kappa shape index (κ1) is 26.2. The summed E-state index contributed by atoms with van der Waals surface area (Å²) in [5, 5.41) is 6.41. The fourth-order valence-electron chi connectivity index (χ4n) is 5.89. The van der Waals surface area contributed by atoms with Crippen LogP contribution in [0.25, 0.3) is 0 Å². The number of nitrogens with one attached hydrogen (secondary N) is 2. The van der Waals surface area contributed by atoms with Crippen molar-refractivity contribution in [2.24, 2.45) is 16.6 Å². The number of halogens is 3. The second kappa shape index (κ2) is 10.6. The lowest BCUT2D eigenvalue weighted by atomic mass is 9.89. The third kappa shape index (κ3) is 5.59. The van der Waals surface area contributed by atoms with Gasteiger partial charge in [-0.3, -0.25) is 10.1 Å². The molecule has 35 heavy (non-hydrogen) atoms. The van der Waals surface area contributed by atoms with E-state index in [1.807, 2.05) is 4.90 Å². The van der Waals surface area contributed by atoms with Crippen LogP contribution in [0.1, 0.15) is 58.8 Å². The Bertz CT molecular complexity index is 875. The van der Waals surface area contributed by atoms with E-state index in [-0.39, 0.29) is 11.9 Å². The van der Waals surface area contributed by atoms with Crippen LogP contribution >= 0.6 is 0 Å². The molecule has 7 nitrogen and oxygen atoms in total. The topological polar surface area (TPSA) is 86.0 Å². The Morgan fingerprint density at radius 3 is 2.57 bits per heavy atom. The molecule has 0 spiro atoms. The highest BCUT2D eigenvalue weighted by molar-refractivity contribution is 5.86. The van der Waals surface area contributed by atoms with E-state index < -0.39 is 29.9 Å². The molecule has 4 rings (SSSR count). The Labute approximate surface area is 206 Å². The first-order valence-corrected chi connectivity index (χ1v) is 12.9. The van der Waals surface area contributed by atoms with E-state index in [9.17, 15) is 18.0 Å². The Hall–Kier alpha value is -1.91. The summed E-state index contributed by atoms with van der Waals surface area (Å²) in [6.07, 6.45) is 3.23. The Kier molecular flexibility index (Phi) is 7.92. The van der Waals surface area contributed by atoms with E-state index in [0.29, 0.717) is 56.0 Å². The van der Waals surface area contributed by atoms with E-state index in [4.69, 9.17) is 5.73 Å². The number of likely N-dealkylation sites (tertiary alicyclic amines) is 1. The van der Waals surface area contributed by atoms with Gasteiger partial charge in [-0.25, -0.2) is 4.99 Å². The lowest BCUT2D eigenvalue weighted by Crippen LogP contribution is -2.58. The molecule has 2 heterocycles. The molecule has 196 valence electrons. The number of carbonyl (C=O) groups excluding carboxylic acids is 1. The van der Waals surface area contributed by atoms with Gasteiger partial charge in [0, 0.05) is 36.7 Å². The molecule has 10 heteroatoms. The molecule has 3 atom stereocenters. The van der Waals surface area contributed by atoms with Crippen LogP contribution < -0.4 is 16.4 Å². The summed E-state index contributed by atoms with van der Waals surface area (Å²) in [6, 6.07) is 0.731. The number of fused-ring (bicyclic) bond motifs is 1. The number of aliphatic imine (C=N–C) groups is 1. The molecule has 2 fully saturated rings. The molecule has 4 aliphatic rings. The van der Waals surface area contributed by atoms with Crippen LogP contribution in [0.2, 0.25) is 0 Å². The van der Waals surface area contributed by atoms with Crippen molar-refractivity contribution in [2.45, 2.75) is 95.3 Å². The normalized spacial score (nSPS) is 31.5. The quantitative estimate of drug-likeness (QED) is 0.481. The average molecular weight is 497 g/mol. The Balaban J connectivity index is 1.41. The van der Waals surface area contributed by atoms with Crippen LogP contribution in [0.5, 0.6) is 0 Å². The second-order valence-corrected chi connectivity index (χ2v) is 10.5. The zero-order chi connectivity index (χ0) is 25.3. The zero-order valence-electron chi connectivity index (χ0n) is 20.9. The molecule has 1 amide bonds. The zero-order valence-corrected chi connectivity index (χ0v) is 20.9. The van der Waals surface area contributed by atoms with Crippen LogP contribution in [0.15, 0.2) is 28.4 Å². The predicted octanol–water partition coefficient (Wildman–Crippen LogP) is 2.90. The summed E-state index contributed by atoms with van der Waals surface area (Å²) in [5.74, 6) is -0.359. The number of nitrogens with two attached hydrogens (primary N) is 1. The number of hydrogen-bond acceptors (Lipinski definition) is 6. The fourth-order valence-corrected chi connectivity index (χ4v) is 5.89. The van der Waals surface area contributed by atoms with Crippen molar-refractivity contribution in [1.82, 2.24) is 20.4 Å². The van der Waals surface area contributed by atoms with Crippen molar-refractivity contribution >= 4 is 11.7 Å². The standard InChI is InChI=1S/C25H39F3N6O/c1-15(2)33(3)16-6-8-17(9-7-16)34-14-12-20(24(34)35)31-23-22-18(25(26,27)28)10-11-19(22)30-21(32-23)5-4-13-29/h10-11,15-17,20,22-23,31H,4-9,12-14,29H2,1-3H3,(H,30,32)/t16-,17+,20?,22?,23?. The number of amides is 1. The maximum absolute atomic E-state index is 13.7. The Morgan fingerprint density at radius 1 is 1.23 bits per heavy atom. The predicted molar refractivity (Wildman–Crippen MR) is 131 cm³/mol. The van der Waals surface area contributed by atoms with Crippen molar-refractivity contribution in [3.8, 4) is 0 Å². The number of hydrogen-bond donors (Lipinski definition) is 3. The smallest absolute Gasteiger partial charge is 0.357 e. The molecule has 0 aromatic carbocycles. The van der Waals surface area contributed by atoms with E-state index in [1.54, 1.807) is 0 Å². The third-order valence-electron chi connectivity index (χ3n) is 8.07. The lowest BCUT2D eigenvalue weighted by molar-refractivity contribution is -0.132. The molecule has 1 saturated carbocycles. The molecule has 0 bridgehead atoms. The van der Waals surface area contributed by atoms with Crippen LogP contribution in [-0.2, 0) is 4.79 Å². The van der Waals surface area contributed by atoms with Crippen LogP contribution in [0.4, 0.5) is 13.2 Å². The van der Waals surface area contributed by atoms with Crippen LogP contribution in [0, 0.1) is 5.92 Å². The van der Waals surface area contributed by atoms with Gasteiger partial charge in [0.05, 0.1) is 23.8 Å². The third-order valence-corrected chi connectivity index (χ3v) is 8.07. The molecule has 0 radical (unpaired) electrons. The lowest BCUT2D eigenvalue weighted by Gasteiger charge is -2.40. The highest BCUT2D eigenvalue weighted by Crippen LogP contribution is 2.42. The van der Waals surface area contributed by atoms with Gasteiger partial charge in [0.15, 0.2) is 0 Å². The van der Waals surface area contributed by atoms with Gasteiger partial charge in [0.1, 0.15) is 5.84 Å². The van der Waals surface area contributed by atoms with Crippen molar-refractivity contribution < 1.29 is 18.0 Å². The maximum atomic E-state index is 13.7. The molecule has 2 aliphatic carbocycles. The summed E-state index contributed by atoms with van der Waals surface area (Å²) in [5.41, 5.74) is 5.37. The van der Waals surface area contributed by atoms with Gasteiger partial charge in [0.2, 0.25) is 5.91 Å². The minimum absolute atomic E-state index is 0.000417. The molecule has 1 saturated heterocycles. The molecule has 4 N–H and O–H groups in total. The van der Waals surface area contributed by atoms with E-state index in [2.05, 4.69) is 41.4 Å². The van der Waals surface area contributed by atoms with Gasteiger partial charge in [0.25, 0.3) is 0 Å². The average Bonchev–Trinajstić information content (AvgIpc) is 3.41. The van der Waals surface area contributed by atoms with Crippen LogP contribution in [0.3, 0.4) is 0 Å². The summed E-state index contributed by atoms with van der Waals surface area (Å²) in [4.78, 5) is 22.1. The summed E-state index contributed by atoms with van der Waals surface area (Å²) in [7, 11) is 2.16. The van der Waals surface area contributed by atoms with Crippen molar-refractivity contribution in [2.75, 3.05) is 20.1 Å². The van der Waals surface area contributed by atoms with E-state index in [1.165, 1.54) is 6.08 Å². The highest BCUT2D eigenvalue weighted by Gasteiger charge is 2.48. The number of nitrogens with zero attached hydrogens (tertiary/aromatic N) is 3. The fraction of sp³-hybridized carbons (Fsp3) is 0.760. The minimum Gasteiger partial charge on any atom is -0.357 e. The van der Waals surface area contributed by atoms with Crippen LogP contribution in [-0.4, -0.2) is 78.2 Å². The SMILES string of the molecule is CC(C)N(C)[C@H]1CC[C@@H](N2CCC(NC3NC(CCCN)=NC4=CC=C(C(F)(F)F)C43)C2=O)CC1. The number of rotatable bonds is 8. The maximum Gasteiger partial charge on any atom is 0.413 e. The highest BCUT2D eigenvalue weighted by atomic mass is 19.4.